The van der Waals surface area contributed by atoms with Gasteiger partial charge in [0.25, 0.3) is 0 Å². The quantitative estimate of drug-likeness (QED) is 0.585. The average molecular weight is 425 g/mol. The van der Waals surface area contributed by atoms with Crippen molar-refractivity contribution in [2.24, 2.45) is 0 Å². The minimum absolute atomic E-state index is 0. The topological polar surface area (TPSA) is 87.9 Å². The van der Waals surface area contributed by atoms with Crippen molar-refractivity contribution in [3.63, 3.8) is 0 Å². The van der Waals surface area contributed by atoms with Crippen molar-refractivity contribution in [1.29, 1.82) is 0 Å². The number of aliphatic hydroxyl groups excluding tert-OH is 1. The number of aliphatic hydroxyl groups is 1. The highest BCUT2D eigenvalue weighted by molar-refractivity contribution is 5.95. The van der Waals surface area contributed by atoms with Gasteiger partial charge in [-0.05, 0) is 42.8 Å². The first-order valence-corrected chi connectivity index (χ1v) is 8.55. The van der Waals surface area contributed by atoms with Gasteiger partial charge in [0.2, 0.25) is 5.91 Å². The Kier molecular flexibility index (Phi) is 7.65. The summed E-state index contributed by atoms with van der Waals surface area (Å²) >= 11 is 0. The zero-order valence-corrected chi connectivity index (χ0v) is 16.6. The minimum atomic E-state index is -0.457. The van der Waals surface area contributed by atoms with Crippen molar-refractivity contribution in [3.05, 3.63) is 60.6 Å². The van der Waals surface area contributed by atoms with Crippen LogP contribution in [0, 0.1) is 0 Å². The summed E-state index contributed by atoms with van der Waals surface area (Å²) < 4.78 is 7.71. The van der Waals surface area contributed by atoms with Gasteiger partial charge in [-0.15, -0.1) is 24.8 Å². The van der Waals surface area contributed by atoms with Crippen molar-refractivity contribution in [3.8, 4) is 5.75 Å². The second kappa shape index (κ2) is 9.75. The van der Waals surface area contributed by atoms with Gasteiger partial charge in [-0.1, -0.05) is 6.07 Å². The molecule has 9 heteroatoms. The Morgan fingerprint density at radius 3 is 2.71 bits per heavy atom. The molecule has 0 saturated carbocycles. The number of carbonyl (C=O) groups excluding carboxylic acids is 1. The largest absolute Gasteiger partial charge is 0.487 e. The predicted molar refractivity (Wildman–Crippen MR) is 112 cm³/mol. The van der Waals surface area contributed by atoms with Gasteiger partial charge < -0.3 is 24.9 Å². The van der Waals surface area contributed by atoms with Crippen molar-refractivity contribution in [1.82, 2.24) is 14.7 Å². The zero-order valence-electron chi connectivity index (χ0n) is 14.9. The van der Waals surface area contributed by atoms with Gasteiger partial charge >= 0.3 is 0 Å². The second-order valence-corrected chi connectivity index (χ2v) is 6.35. The van der Waals surface area contributed by atoms with Gasteiger partial charge in [0.05, 0.1) is 17.8 Å². The van der Waals surface area contributed by atoms with E-state index in [-0.39, 0.29) is 36.8 Å². The number of hydrogen-bond acceptors (Lipinski definition) is 5. The third-order valence-corrected chi connectivity index (χ3v) is 4.35. The number of anilines is 1. The number of ether oxygens (including phenoxy) is 1. The molecule has 2 atom stereocenters. The molecule has 1 amide bonds. The number of fused-ring (bicyclic) bond motifs is 1. The van der Waals surface area contributed by atoms with Crippen LogP contribution in [0.25, 0.3) is 5.65 Å². The third kappa shape index (κ3) is 5.14. The lowest BCUT2D eigenvalue weighted by Crippen LogP contribution is -2.35. The Morgan fingerprint density at radius 2 is 2.04 bits per heavy atom. The van der Waals surface area contributed by atoms with E-state index in [0.717, 1.165) is 11.3 Å². The maximum atomic E-state index is 12.1. The number of pyridine rings is 1. The fraction of sp³-hybridized carbons (Fsp3) is 0.263. The molecule has 1 aliphatic rings. The van der Waals surface area contributed by atoms with E-state index >= 15 is 0 Å². The van der Waals surface area contributed by atoms with Gasteiger partial charge in [-0.3, -0.25) is 4.79 Å². The van der Waals surface area contributed by atoms with Gasteiger partial charge in [0.1, 0.15) is 18.0 Å². The minimum Gasteiger partial charge on any atom is -0.487 e. The van der Waals surface area contributed by atoms with Crippen molar-refractivity contribution >= 4 is 42.1 Å². The molecule has 0 spiro atoms. The molecular weight excluding hydrogens is 403 g/mol. The smallest absolute Gasteiger partial charge is 0.241 e. The van der Waals surface area contributed by atoms with Crippen LogP contribution >= 0.6 is 24.8 Å². The molecule has 3 heterocycles. The van der Waals surface area contributed by atoms with Crippen LogP contribution in [0.1, 0.15) is 12.1 Å². The number of hydrogen-bond donors (Lipinski definition) is 3. The molecular formula is C19H22Cl2N4O3. The first-order chi connectivity index (χ1) is 12.7. The van der Waals surface area contributed by atoms with Gasteiger partial charge in [-0.2, -0.15) is 0 Å². The number of carbonyl (C=O) groups is 1. The van der Waals surface area contributed by atoms with E-state index in [0.29, 0.717) is 31.0 Å². The van der Waals surface area contributed by atoms with Gasteiger partial charge in [0.15, 0.2) is 0 Å². The number of rotatable bonds is 5. The Labute approximate surface area is 174 Å². The summed E-state index contributed by atoms with van der Waals surface area (Å²) in [5.41, 5.74) is 2.42. The maximum absolute atomic E-state index is 12.1. The molecule has 3 aromatic rings. The van der Waals surface area contributed by atoms with Crippen LogP contribution in [-0.2, 0) is 11.4 Å². The lowest BCUT2D eigenvalue weighted by atomic mass is 10.2. The molecule has 2 unspecified atom stereocenters. The van der Waals surface area contributed by atoms with E-state index in [2.05, 4.69) is 15.6 Å². The Balaban J connectivity index is 0.00000140. The number of aromatic nitrogens is 2. The van der Waals surface area contributed by atoms with E-state index in [1.54, 1.807) is 12.1 Å². The molecule has 1 saturated heterocycles. The Hall–Kier alpha value is -2.32. The highest BCUT2D eigenvalue weighted by Crippen LogP contribution is 2.18. The van der Waals surface area contributed by atoms with Crippen molar-refractivity contribution in [2.45, 2.75) is 25.2 Å². The molecule has 0 aliphatic carbocycles. The van der Waals surface area contributed by atoms with E-state index < -0.39 is 6.10 Å². The summed E-state index contributed by atoms with van der Waals surface area (Å²) in [6, 6.07) is 12.7. The van der Waals surface area contributed by atoms with E-state index in [1.165, 1.54) is 0 Å². The molecule has 150 valence electrons. The van der Waals surface area contributed by atoms with Crippen molar-refractivity contribution < 1.29 is 14.6 Å². The number of benzene rings is 1. The summed E-state index contributed by atoms with van der Waals surface area (Å²) in [7, 11) is 0. The van der Waals surface area contributed by atoms with Crippen LogP contribution in [0.4, 0.5) is 5.69 Å². The maximum Gasteiger partial charge on any atom is 0.241 e. The van der Waals surface area contributed by atoms with Crippen LogP contribution in [0.2, 0.25) is 0 Å². The molecule has 0 radical (unpaired) electrons. The van der Waals surface area contributed by atoms with Gasteiger partial charge in [-0.25, -0.2) is 4.98 Å². The third-order valence-electron chi connectivity index (χ3n) is 4.35. The number of nitrogens with zero attached hydrogens (tertiary/aromatic N) is 2. The molecule has 4 rings (SSSR count). The molecule has 2 aromatic heterocycles. The first kappa shape index (κ1) is 22.0. The van der Waals surface area contributed by atoms with Crippen LogP contribution in [0.5, 0.6) is 5.75 Å². The monoisotopic (exact) mass is 424 g/mol. The second-order valence-electron chi connectivity index (χ2n) is 6.35. The molecule has 1 fully saturated rings. The van der Waals surface area contributed by atoms with E-state index in [1.807, 2.05) is 47.1 Å². The lowest BCUT2D eigenvalue weighted by Gasteiger charge is -2.11. The summed E-state index contributed by atoms with van der Waals surface area (Å²) in [4.78, 5) is 16.6. The number of β-amino-alcohol motifs (C(OH)–C–C–N with tert-alkyl or cyclic N) is 1. The molecule has 3 N–H and O–H groups in total. The fourth-order valence-corrected chi connectivity index (χ4v) is 2.99. The highest BCUT2D eigenvalue weighted by atomic mass is 35.5. The normalized spacial score (nSPS) is 18.2. The van der Waals surface area contributed by atoms with Crippen LogP contribution in [0.3, 0.4) is 0 Å². The molecule has 1 aromatic carbocycles. The SMILES string of the molecule is Cl.Cl.O=C(Nc1ccc(OCc2cn3ccccc3n2)cc1)C1CC(O)CN1. The standard InChI is InChI=1S/C19H20N4O3.2ClH/c24-15-9-17(20-10-15)19(25)22-13-4-6-16(7-5-13)26-12-14-11-23-8-2-1-3-18(23)21-14;;/h1-8,11,15,17,20,24H,9-10,12H2,(H,22,25);2*1H. The lowest BCUT2D eigenvalue weighted by molar-refractivity contribution is -0.117. The molecule has 0 bridgehead atoms. The zero-order chi connectivity index (χ0) is 17.9. The fourth-order valence-electron chi connectivity index (χ4n) is 2.99. The molecule has 1 aliphatic heterocycles. The molecule has 7 nitrogen and oxygen atoms in total. The first-order valence-electron chi connectivity index (χ1n) is 8.55. The average Bonchev–Trinajstić information content (AvgIpc) is 3.27. The van der Waals surface area contributed by atoms with Crippen LogP contribution < -0.4 is 15.4 Å². The molecule has 28 heavy (non-hydrogen) atoms. The summed E-state index contributed by atoms with van der Waals surface area (Å²) in [6.45, 7) is 0.825. The summed E-state index contributed by atoms with van der Waals surface area (Å²) in [6.07, 6.45) is 3.86. The Morgan fingerprint density at radius 1 is 1.25 bits per heavy atom. The van der Waals surface area contributed by atoms with Crippen LogP contribution in [0.15, 0.2) is 54.9 Å². The number of halogens is 2. The Bertz CT molecular complexity index is 884. The van der Waals surface area contributed by atoms with E-state index in [4.69, 9.17) is 4.74 Å². The van der Waals surface area contributed by atoms with E-state index in [9.17, 15) is 9.90 Å². The highest BCUT2D eigenvalue weighted by Gasteiger charge is 2.27. The number of nitrogens with one attached hydrogen (secondary N) is 2. The van der Waals surface area contributed by atoms with Crippen LogP contribution in [-0.4, -0.2) is 39.1 Å². The van der Waals surface area contributed by atoms with Crippen molar-refractivity contribution in [2.75, 3.05) is 11.9 Å². The number of amides is 1. The predicted octanol–water partition coefficient (Wildman–Crippen LogP) is 2.42. The summed E-state index contributed by atoms with van der Waals surface area (Å²) in [5.74, 6) is 0.564. The van der Waals surface area contributed by atoms with Gasteiger partial charge in [0, 0.05) is 24.6 Å². The number of imidazole rings is 1. The summed E-state index contributed by atoms with van der Waals surface area (Å²) in [5, 5.41) is 15.3.